The molecule has 0 aromatic carbocycles. The van der Waals surface area contributed by atoms with Gasteiger partial charge in [-0.15, -0.1) is 0 Å². The van der Waals surface area contributed by atoms with Crippen LogP contribution in [0.4, 0.5) is 0 Å². The van der Waals surface area contributed by atoms with E-state index in [4.69, 9.17) is 0 Å². The summed E-state index contributed by atoms with van der Waals surface area (Å²) >= 11 is 0. The van der Waals surface area contributed by atoms with E-state index in [1.54, 1.807) is 0 Å². The molecule has 2 N–H and O–H groups in total. The first-order valence-corrected chi connectivity index (χ1v) is 5.99. The minimum atomic E-state index is 0.226. The minimum Gasteiger partial charge on any atom is -0.353 e. The number of hydrogen-bond donors (Lipinski definition) is 2. The highest BCUT2D eigenvalue weighted by molar-refractivity contribution is 5.76. The Morgan fingerprint density at radius 1 is 1.53 bits per heavy atom. The average molecular weight is 211 g/mol. The fourth-order valence-corrected chi connectivity index (χ4v) is 2.00. The molecule has 15 heavy (non-hydrogen) atoms. The molecule has 0 spiro atoms. The molecule has 1 aliphatic heterocycles. The number of amides is 1. The van der Waals surface area contributed by atoms with E-state index < -0.39 is 0 Å². The Hall–Kier alpha value is -0.610. The molecule has 0 radical (unpaired) electrons. The maximum atomic E-state index is 11.5. The Kier molecular flexibility index (Phi) is 3.59. The van der Waals surface area contributed by atoms with Crippen molar-refractivity contribution in [2.75, 3.05) is 26.2 Å². The zero-order valence-corrected chi connectivity index (χ0v) is 9.46. The molecule has 0 aromatic rings. The molecule has 1 saturated heterocycles. The maximum Gasteiger partial charge on any atom is 0.221 e. The summed E-state index contributed by atoms with van der Waals surface area (Å²) in [5.41, 5.74) is 0. The van der Waals surface area contributed by atoms with Crippen molar-refractivity contribution < 1.29 is 4.79 Å². The van der Waals surface area contributed by atoms with Gasteiger partial charge in [0.25, 0.3) is 0 Å². The minimum absolute atomic E-state index is 0.226. The molecule has 4 nitrogen and oxygen atoms in total. The fraction of sp³-hybridized carbons (Fsp3) is 0.909. The van der Waals surface area contributed by atoms with Gasteiger partial charge >= 0.3 is 0 Å². The molecule has 1 amide bonds. The number of carbonyl (C=O) groups is 1. The third kappa shape index (κ3) is 3.80. The van der Waals surface area contributed by atoms with Crippen LogP contribution in [0.3, 0.4) is 0 Å². The van der Waals surface area contributed by atoms with E-state index in [0.717, 1.165) is 26.2 Å². The molecule has 2 rings (SSSR count). The Balaban J connectivity index is 1.61. The molecule has 2 aliphatic rings. The molecule has 1 unspecified atom stereocenters. The lowest BCUT2D eigenvalue weighted by atomic mass is 10.2. The lowest BCUT2D eigenvalue weighted by molar-refractivity contribution is -0.121. The van der Waals surface area contributed by atoms with Crippen LogP contribution in [-0.2, 0) is 4.79 Å². The number of rotatable bonds is 4. The van der Waals surface area contributed by atoms with Crippen molar-refractivity contribution in [3.05, 3.63) is 0 Å². The Morgan fingerprint density at radius 2 is 2.33 bits per heavy atom. The van der Waals surface area contributed by atoms with Gasteiger partial charge in [0.2, 0.25) is 5.91 Å². The molecule has 1 saturated carbocycles. The van der Waals surface area contributed by atoms with Crippen LogP contribution in [-0.4, -0.2) is 49.1 Å². The van der Waals surface area contributed by atoms with Gasteiger partial charge in [-0.2, -0.15) is 0 Å². The van der Waals surface area contributed by atoms with Gasteiger partial charge in [0, 0.05) is 44.7 Å². The van der Waals surface area contributed by atoms with Gasteiger partial charge < -0.3 is 15.5 Å². The standard InChI is InChI=1S/C11H21N3O/c1-9-8-14(7-5-12-9)6-4-11(15)13-10-2-3-10/h9-10,12H,2-8H2,1H3,(H,13,15). The topological polar surface area (TPSA) is 44.4 Å². The van der Waals surface area contributed by atoms with Crippen LogP contribution in [0.2, 0.25) is 0 Å². The highest BCUT2D eigenvalue weighted by Gasteiger charge is 2.23. The van der Waals surface area contributed by atoms with Gasteiger partial charge in [0.15, 0.2) is 0 Å². The van der Waals surface area contributed by atoms with Gasteiger partial charge in [-0.05, 0) is 19.8 Å². The van der Waals surface area contributed by atoms with Gasteiger partial charge in [0.1, 0.15) is 0 Å². The SMILES string of the molecule is CC1CN(CCC(=O)NC2CC2)CCN1. The Bertz CT molecular complexity index is 228. The molecular weight excluding hydrogens is 190 g/mol. The van der Waals surface area contributed by atoms with E-state index in [9.17, 15) is 4.79 Å². The molecule has 4 heteroatoms. The third-order valence-electron chi connectivity index (χ3n) is 3.05. The van der Waals surface area contributed by atoms with E-state index in [2.05, 4.69) is 22.5 Å². The summed E-state index contributed by atoms with van der Waals surface area (Å²) in [6.07, 6.45) is 3.01. The first-order chi connectivity index (χ1) is 7.24. The van der Waals surface area contributed by atoms with Crippen LogP contribution in [0.1, 0.15) is 26.2 Å². The molecule has 2 fully saturated rings. The lowest BCUT2D eigenvalue weighted by Gasteiger charge is -2.31. The van der Waals surface area contributed by atoms with Crippen molar-refractivity contribution in [2.24, 2.45) is 0 Å². The first-order valence-electron chi connectivity index (χ1n) is 5.99. The predicted octanol–water partition coefficient (Wildman–Crippen LogP) is -0.0512. The van der Waals surface area contributed by atoms with E-state index in [0.29, 0.717) is 18.5 Å². The fourth-order valence-electron chi connectivity index (χ4n) is 2.00. The largest absolute Gasteiger partial charge is 0.353 e. The predicted molar refractivity (Wildman–Crippen MR) is 59.7 cm³/mol. The average Bonchev–Trinajstić information content (AvgIpc) is 2.99. The second-order valence-electron chi connectivity index (χ2n) is 4.75. The number of hydrogen-bond acceptors (Lipinski definition) is 3. The van der Waals surface area contributed by atoms with E-state index in [1.165, 1.54) is 12.8 Å². The molecule has 1 heterocycles. The second-order valence-corrected chi connectivity index (χ2v) is 4.75. The smallest absolute Gasteiger partial charge is 0.221 e. The van der Waals surface area contributed by atoms with Crippen LogP contribution < -0.4 is 10.6 Å². The quantitative estimate of drug-likeness (QED) is 0.685. The van der Waals surface area contributed by atoms with Crippen LogP contribution in [0.25, 0.3) is 0 Å². The van der Waals surface area contributed by atoms with Crippen molar-refractivity contribution in [1.29, 1.82) is 0 Å². The summed E-state index contributed by atoms with van der Waals surface area (Å²) in [5, 5.41) is 6.42. The van der Waals surface area contributed by atoms with Gasteiger partial charge in [-0.3, -0.25) is 4.79 Å². The highest BCUT2D eigenvalue weighted by Crippen LogP contribution is 2.18. The monoisotopic (exact) mass is 211 g/mol. The van der Waals surface area contributed by atoms with Crippen LogP contribution in [0, 0.1) is 0 Å². The summed E-state index contributed by atoms with van der Waals surface area (Å²) < 4.78 is 0. The maximum absolute atomic E-state index is 11.5. The molecule has 86 valence electrons. The normalized spacial score (nSPS) is 27.7. The Morgan fingerprint density at radius 3 is 3.00 bits per heavy atom. The van der Waals surface area contributed by atoms with E-state index in [-0.39, 0.29) is 5.91 Å². The van der Waals surface area contributed by atoms with Crippen molar-refractivity contribution in [1.82, 2.24) is 15.5 Å². The molecule has 0 aromatic heterocycles. The zero-order valence-electron chi connectivity index (χ0n) is 9.46. The van der Waals surface area contributed by atoms with E-state index in [1.807, 2.05) is 0 Å². The first kappa shape index (κ1) is 10.9. The summed E-state index contributed by atoms with van der Waals surface area (Å²) in [6, 6.07) is 1.06. The Labute approximate surface area is 91.4 Å². The number of nitrogens with zero attached hydrogens (tertiary/aromatic N) is 1. The number of carbonyl (C=O) groups excluding carboxylic acids is 1. The van der Waals surface area contributed by atoms with Crippen LogP contribution in [0.15, 0.2) is 0 Å². The molecule has 1 aliphatic carbocycles. The second kappa shape index (κ2) is 4.94. The summed E-state index contributed by atoms with van der Waals surface area (Å²) in [7, 11) is 0. The molecule has 0 bridgehead atoms. The van der Waals surface area contributed by atoms with Crippen LogP contribution in [0.5, 0.6) is 0 Å². The summed E-state index contributed by atoms with van der Waals surface area (Å²) in [5.74, 6) is 0.226. The summed E-state index contributed by atoms with van der Waals surface area (Å²) in [4.78, 5) is 13.8. The van der Waals surface area contributed by atoms with Gasteiger partial charge in [-0.1, -0.05) is 0 Å². The van der Waals surface area contributed by atoms with Crippen molar-refractivity contribution in [3.63, 3.8) is 0 Å². The molecular formula is C11H21N3O. The number of nitrogens with one attached hydrogen (secondary N) is 2. The zero-order chi connectivity index (χ0) is 10.7. The third-order valence-corrected chi connectivity index (χ3v) is 3.05. The van der Waals surface area contributed by atoms with Gasteiger partial charge in [0.05, 0.1) is 0 Å². The van der Waals surface area contributed by atoms with Crippen molar-refractivity contribution in [3.8, 4) is 0 Å². The summed E-state index contributed by atoms with van der Waals surface area (Å²) in [6.45, 7) is 6.28. The molecule has 1 atom stereocenters. The van der Waals surface area contributed by atoms with Crippen LogP contribution >= 0.6 is 0 Å². The number of piperazine rings is 1. The highest BCUT2D eigenvalue weighted by atomic mass is 16.1. The van der Waals surface area contributed by atoms with Crippen molar-refractivity contribution >= 4 is 5.91 Å². The lowest BCUT2D eigenvalue weighted by Crippen LogP contribution is -2.49. The van der Waals surface area contributed by atoms with Gasteiger partial charge in [-0.25, -0.2) is 0 Å². The van der Waals surface area contributed by atoms with E-state index >= 15 is 0 Å². The van der Waals surface area contributed by atoms with Crippen molar-refractivity contribution in [2.45, 2.75) is 38.3 Å².